The number of nitrogens with two attached hydrogens (primary N) is 1. The molecular formula is C15H15ClN2O3. The van der Waals surface area contributed by atoms with Crippen molar-refractivity contribution in [3.63, 3.8) is 0 Å². The Bertz CT molecular complexity index is 647. The van der Waals surface area contributed by atoms with Gasteiger partial charge >= 0.3 is 0 Å². The van der Waals surface area contributed by atoms with E-state index in [4.69, 9.17) is 26.8 Å². The van der Waals surface area contributed by atoms with Gasteiger partial charge in [0.1, 0.15) is 11.5 Å². The molecule has 0 aliphatic heterocycles. The molecule has 0 saturated heterocycles. The van der Waals surface area contributed by atoms with Crippen molar-refractivity contribution in [2.45, 2.75) is 0 Å². The fourth-order valence-corrected chi connectivity index (χ4v) is 1.83. The van der Waals surface area contributed by atoms with Crippen LogP contribution in [0.25, 0.3) is 0 Å². The predicted octanol–water partition coefficient (Wildman–Crippen LogP) is 2.95. The molecule has 0 bridgehead atoms. The van der Waals surface area contributed by atoms with Gasteiger partial charge in [-0.05, 0) is 24.3 Å². The van der Waals surface area contributed by atoms with Crippen molar-refractivity contribution in [3.8, 4) is 11.5 Å². The van der Waals surface area contributed by atoms with Crippen molar-refractivity contribution in [1.29, 1.82) is 0 Å². The normalized spacial score (nSPS) is 10.0. The highest BCUT2D eigenvalue weighted by Crippen LogP contribution is 2.26. The minimum Gasteiger partial charge on any atom is -0.497 e. The molecule has 0 saturated carbocycles. The summed E-state index contributed by atoms with van der Waals surface area (Å²) in [4.78, 5) is 11.9. The lowest BCUT2D eigenvalue weighted by atomic mass is 10.3. The number of carbonyl (C=O) groups excluding carboxylic acids is 1. The van der Waals surface area contributed by atoms with E-state index in [1.54, 1.807) is 42.5 Å². The summed E-state index contributed by atoms with van der Waals surface area (Å²) < 4.78 is 10.4. The van der Waals surface area contributed by atoms with Gasteiger partial charge in [0.05, 0.1) is 17.8 Å². The first-order valence-corrected chi connectivity index (χ1v) is 6.58. The summed E-state index contributed by atoms with van der Waals surface area (Å²) in [7, 11) is 1.54. The van der Waals surface area contributed by atoms with Gasteiger partial charge < -0.3 is 20.5 Å². The largest absolute Gasteiger partial charge is 0.497 e. The smallest absolute Gasteiger partial charge is 0.262 e. The Labute approximate surface area is 127 Å². The van der Waals surface area contributed by atoms with Crippen LogP contribution < -0.4 is 20.5 Å². The maximum absolute atomic E-state index is 11.9. The van der Waals surface area contributed by atoms with Crippen LogP contribution in [0.15, 0.2) is 42.5 Å². The zero-order valence-corrected chi connectivity index (χ0v) is 12.2. The zero-order valence-electron chi connectivity index (χ0n) is 11.4. The number of rotatable bonds is 5. The molecule has 2 rings (SSSR count). The Morgan fingerprint density at radius 2 is 2.05 bits per heavy atom. The lowest BCUT2D eigenvalue weighted by Gasteiger charge is -2.10. The van der Waals surface area contributed by atoms with E-state index >= 15 is 0 Å². The molecule has 1 amide bonds. The number of methoxy groups -OCH3 is 1. The van der Waals surface area contributed by atoms with E-state index in [-0.39, 0.29) is 12.5 Å². The summed E-state index contributed by atoms with van der Waals surface area (Å²) in [5.74, 6) is 0.806. The minimum absolute atomic E-state index is 0.142. The van der Waals surface area contributed by atoms with Crippen LogP contribution in [-0.2, 0) is 4.79 Å². The molecule has 0 fully saturated rings. The van der Waals surface area contributed by atoms with Crippen LogP contribution in [0.3, 0.4) is 0 Å². The van der Waals surface area contributed by atoms with Gasteiger partial charge in [-0.2, -0.15) is 0 Å². The maximum Gasteiger partial charge on any atom is 0.262 e. The highest BCUT2D eigenvalue weighted by Gasteiger charge is 2.08. The van der Waals surface area contributed by atoms with Crippen molar-refractivity contribution in [3.05, 3.63) is 47.5 Å². The second-order valence-corrected chi connectivity index (χ2v) is 4.66. The number of carbonyl (C=O) groups is 1. The Balaban J connectivity index is 1.96. The molecule has 0 aliphatic rings. The number of ether oxygens (including phenoxy) is 2. The van der Waals surface area contributed by atoms with Crippen molar-refractivity contribution < 1.29 is 14.3 Å². The molecular weight excluding hydrogens is 292 g/mol. The number of hydrogen-bond donors (Lipinski definition) is 2. The van der Waals surface area contributed by atoms with Crippen LogP contribution in [-0.4, -0.2) is 19.6 Å². The fraction of sp³-hybridized carbons (Fsp3) is 0.133. The summed E-state index contributed by atoms with van der Waals surface area (Å²) in [5, 5.41) is 3.09. The van der Waals surface area contributed by atoms with Gasteiger partial charge in [-0.15, -0.1) is 0 Å². The van der Waals surface area contributed by atoms with E-state index in [1.165, 1.54) is 7.11 Å². The molecule has 2 aromatic rings. The fourth-order valence-electron chi connectivity index (χ4n) is 1.67. The first kappa shape index (κ1) is 15.0. The number of anilines is 2. The molecule has 0 heterocycles. The van der Waals surface area contributed by atoms with E-state index in [2.05, 4.69) is 5.32 Å². The molecule has 110 valence electrons. The van der Waals surface area contributed by atoms with Gasteiger partial charge in [-0.1, -0.05) is 17.7 Å². The second kappa shape index (κ2) is 6.85. The number of nitrogens with one attached hydrogen (secondary N) is 1. The summed E-state index contributed by atoms with van der Waals surface area (Å²) in [5.41, 5.74) is 6.67. The molecule has 0 aromatic heterocycles. The van der Waals surface area contributed by atoms with Crippen LogP contribution in [0, 0.1) is 0 Å². The molecule has 6 heteroatoms. The summed E-state index contributed by atoms with van der Waals surface area (Å²) in [6.45, 7) is -0.142. The molecule has 0 radical (unpaired) electrons. The lowest BCUT2D eigenvalue weighted by Crippen LogP contribution is -2.20. The van der Waals surface area contributed by atoms with E-state index < -0.39 is 0 Å². The number of nitrogen functional groups attached to an aromatic ring is 1. The molecule has 2 aromatic carbocycles. The summed E-state index contributed by atoms with van der Waals surface area (Å²) in [6.07, 6.45) is 0. The third kappa shape index (κ3) is 4.29. The average Bonchev–Trinajstić information content (AvgIpc) is 2.47. The van der Waals surface area contributed by atoms with Crippen LogP contribution >= 0.6 is 11.6 Å². The molecule has 3 N–H and O–H groups in total. The standard InChI is InChI=1S/C15H15ClN2O3/c1-20-11-5-6-13(16)14(8-11)18-15(19)9-21-12-4-2-3-10(17)7-12/h2-8H,9,17H2,1H3,(H,18,19). The van der Waals surface area contributed by atoms with Crippen molar-refractivity contribution in [1.82, 2.24) is 0 Å². The maximum atomic E-state index is 11.9. The number of hydrogen-bond acceptors (Lipinski definition) is 4. The number of amides is 1. The summed E-state index contributed by atoms with van der Waals surface area (Å²) >= 11 is 6.01. The van der Waals surface area contributed by atoms with Gasteiger partial charge in [0.2, 0.25) is 0 Å². The SMILES string of the molecule is COc1ccc(Cl)c(NC(=O)COc2cccc(N)c2)c1. The first-order chi connectivity index (χ1) is 10.1. The Hall–Kier alpha value is -2.40. The molecule has 0 unspecified atom stereocenters. The van der Waals surface area contributed by atoms with Crippen LogP contribution in [0.2, 0.25) is 5.02 Å². The van der Waals surface area contributed by atoms with E-state index in [1.807, 2.05) is 0 Å². The predicted molar refractivity (Wildman–Crippen MR) is 83.0 cm³/mol. The van der Waals surface area contributed by atoms with Crippen LogP contribution in [0.4, 0.5) is 11.4 Å². The van der Waals surface area contributed by atoms with Crippen molar-refractivity contribution in [2.24, 2.45) is 0 Å². The van der Waals surface area contributed by atoms with Crippen molar-refractivity contribution in [2.75, 3.05) is 24.8 Å². The third-order valence-corrected chi connectivity index (χ3v) is 3.01. The van der Waals surface area contributed by atoms with Gasteiger partial charge in [0.25, 0.3) is 5.91 Å². The molecule has 21 heavy (non-hydrogen) atoms. The average molecular weight is 307 g/mol. The van der Waals surface area contributed by atoms with Gasteiger partial charge in [0, 0.05) is 17.8 Å². The van der Waals surface area contributed by atoms with Gasteiger partial charge in [-0.3, -0.25) is 4.79 Å². The number of halogens is 1. The number of benzene rings is 2. The van der Waals surface area contributed by atoms with Gasteiger partial charge in [-0.25, -0.2) is 0 Å². The van der Waals surface area contributed by atoms with E-state index in [9.17, 15) is 4.79 Å². The zero-order chi connectivity index (χ0) is 15.2. The molecule has 0 spiro atoms. The van der Waals surface area contributed by atoms with Crippen LogP contribution in [0.5, 0.6) is 11.5 Å². The molecule has 0 atom stereocenters. The lowest BCUT2D eigenvalue weighted by molar-refractivity contribution is -0.118. The molecule has 0 aliphatic carbocycles. The Morgan fingerprint density at radius 3 is 2.76 bits per heavy atom. The van der Waals surface area contributed by atoms with Crippen LogP contribution in [0.1, 0.15) is 0 Å². The topological polar surface area (TPSA) is 73.6 Å². The van der Waals surface area contributed by atoms with E-state index in [0.717, 1.165) is 0 Å². The first-order valence-electron chi connectivity index (χ1n) is 6.20. The second-order valence-electron chi connectivity index (χ2n) is 4.26. The minimum atomic E-state index is -0.326. The van der Waals surface area contributed by atoms with Gasteiger partial charge in [0.15, 0.2) is 6.61 Å². The van der Waals surface area contributed by atoms with Crippen molar-refractivity contribution >= 4 is 28.9 Å². The molecule has 5 nitrogen and oxygen atoms in total. The monoisotopic (exact) mass is 306 g/mol. The highest BCUT2D eigenvalue weighted by molar-refractivity contribution is 6.33. The summed E-state index contributed by atoms with van der Waals surface area (Å²) in [6, 6.07) is 11.9. The van der Waals surface area contributed by atoms with E-state index in [0.29, 0.717) is 27.9 Å². The highest BCUT2D eigenvalue weighted by atomic mass is 35.5. The Morgan fingerprint density at radius 1 is 1.24 bits per heavy atom. The Kier molecular flexibility index (Phi) is 4.90. The third-order valence-electron chi connectivity index (χ3n) is 2.68. The quantitative estimate of drug-likeness (QED) is 0.833.